The average molecular weight is 448 g/mol. The Bertz CT molecular complexity index is 868. The third-order valence-electron chi connectivity index (χ3n) is 3.76. The summed E-state index contributed by atoms with van der Waals surface area (Å²) in [6, 6.07) is 15.6. The Morgan fingerprint density at radius 2 is 1.80 bits per heavy atom. The van der Waals surface area contributed by atoms with E-state index in [-0.39, 0.29) is 0 Å². The molecule has 0 spiro atoms. The first-order chi connectivity index (χ1) is 14.5. The lowest BCUT2D eigenvalue weighted by Crippen LogP contribution is -2.26. The highest BCUT2D eigenvalue weighted by Crippen LogP contribution is 2.27. The van der Waals surface area contributed by atoms with Gasteiger partial charge in [-0.2, -0.15) is 0 Å². The number of rotatable bonds is 9. The molecule has 2 rings (SSSR count). The standard InChI is InChI=1S/C21H24ClN3O2S.C2H6/c1-15-10-11-18(17(22)14-15)23-21(25(2)3)20(19(27-4)12-13-26)24-28-16-8-6-5-7-9-16;1-2/h5-14,23-24H,1-4H3;1-2H3/b19-12+,21-20+;. The Morgan fingerprint density at radius 3 is 2.33 bits per heavy atom. The zero-order chi connectivity index (χ0) is 22.5. The molecule has 0 atom stereocenters. The number of nitrogens with one attached hydrogen (secondary N) is 2. The SMILES string of the molecule is CC.COC(=C/C=O)/C(NSc1ccccc1)=C(/Nc1ccc(C)cc1Cl)N(C)C. The molecule has 162 valence electrons. The van der Waals surface area contributed by atoms with Crippen molar-refractivity contribution < 1.29 is 9.53 Å². The van der Waals surface area contributed by atoms with E-state index in [2.05, 4.69) is 10.0 Å². The Morgan fingerprint density at radius 1 is 1.13 bits per heavy atom. The zero-order valence-corrected chi connectivity index (χ0v) is 19.9. The molecule has 0 aliphatic rings. The van der Waals surface area contributed by atoms with Gasteiger partial charge in [0, 0.05) is 25.1 Å². The van der Waals surface area contributed by atoms with Gasteiger partial charge in [0.25, 0.3) is 0 Å². The first-order valence-corrected chi connectivity index (χ1v) is 10.8. The van der Waals surface area contributed by atoms with Gasteiger partial charge in [0.2, 0.25) is 0 Å². The smallest absolute Gasteiger partial charge is 0.149 e. The number of benzene rings is 2. The van der Waals surface area contributed by atoms with Gasteiger partial charge in [0.15, 0.2) is 0 Å². The maximum Gasteiger partial charge on any atom is 0.149 e. The van der Waals surface area contributed by atoms with Crippen LogP contribution in [0.1, 0.15) is 19.4 Å². The maximum atomic E-state index is 11.1. The molecule has 7 heteroatoms. The van der Waals surface area contributed by atoms with Crippen LogP contribution < -0.4 is 10.0 Å². The molecule has 2 aromatic carbocycles. The third kappa shape index (κ3) is 7.69. The van der Waals surface area contributed by atoms with Gasteiger partial charge in [-0.25, -0.2) is 0 Å². The second-order valence-corrected chi connectivity index (χ2v) is 7.40. The van der Waals surface area contributed by atoms with Crippen LogP contribution in [-0.2, 0) is 9.53 Å². The molecule has 0 saturated carbocycles. The molecule has 0 heterocycles. The molecule has 30 heavy (non-hydrogen) atoms. The summed E-state index contributed by atoms with van der Waals surface area (Å²) in [4.78, 5) is 14.0. The lowest BCUT2D eigenvalue weighted by molar-refractivity contribution is -0.104. The van der Waals surface area contributed by atoms with E-state index >= 15 is 0 Å². The maximum absolute atomic E-state index is 11.1. The van der Waals surface area contributed by atoms with Gasteiger partial charge < -0.3 is 19.7 Å². The summed E-state index contributed by atoms with van der Waals surface area (Å²) in [5.74, 6) is 1.10. The van der Waals surface area contributed by atoms with E-state index in [9.17, 15) is 4.79 Å². The van der Waals surface area contributed by atoms with Gasteiger partial charge in [-0.15, -0.1) is 0 Å². The van der Waals surface area contributed by atoms with Crippen LogP contribution in [0.5, 0.6) is 0 Å². The minimum Gasteiger partial charge on any atom is -0.494 e. The minimum atomic E-state index is 0.401. The van der Waals surface area contributed by atoms with Crippen molar-refractivity contribution in [2.75, 3.05) is 26.5 Å². The largest absolute Gasteiger partial charge is 0.494 e. The zero-order valence-electron chi connectivity index (χ0n) is 18.3. The van der Waals surface area contributed by atoms with Crippen molar-refractivity contribution in [2.24, 2.45) is 0 Å². The number of methoxy groups -OCH3 is 1. The second kappa shape index (κ2) is 13.6. The van der Waals surface area contributed by atoms with Crippen molar-refractivity contribution in [3.63, 3.8) is 0 Å². The summed E-state index contributed by atoms with van der Waals surface area (Å²) >= 11 is 7.82. The highest BCUT2D eigenvalue weighted by Gasteiger charge is 2.17. The van der Waals surface area contributed by atoms with E-state index in [0.29, 0.717) is 28.6 Å². The summed E-state index contributed by atoms with van der Waals surface area (Å²) in [7, 11) is 5.32. The minimum absolute atomic E-state index is 0.401. The number of ether oxygens (including phenoxy) is 1. The molecule has 0 bridgehead atoms. The summed E-state index contributed by atoms with van der Waals surface area (Å²) in [5, 5.41) is 3.95. The lowest BCUT2D eigenvalue weighted by atomic mass is 10.2. The normalized spacial score (nSPS) is 11.5. The first-order valence-electron chi connectivity index (χ1n) is 9.58. The van der Waals surface area contributed by atoms with E-state index < -0.39 is 0 Å². The molecule has 0 unspecified atom stereocenters. The molecule has 2 N–H and O–H groups in total. The predicted molar refractivity (Wildman–Crippen MR) is 128 cm³/mol. The molecule has 0 aliphatic carbocycles. The van der Waals surface area contributed by atoms with Crippen molar-refractivity contribution in [2.45, 2.75) is 25.7 Å². The van der Waals surface area contributed by atoms with Crippen LogP contribution in [0.25, 0.3) is 0 Å². The van der Waals surface area contributed by atoms with Crippen LogP contribution in [0.15, 0.2) is 76.8 Å². The Hall–Kier alpha value is -2.57. The second-order valence-electron chi connectivity index (χ2n) is 6.11. The Kier molecular flexibility index (Phi) is 11.6. The first kappa shape index (κ1) is 25.5. The van der Waals surface area contributed by atoms with Gasteiger partial charge in [-0.1, -0.05) is 49.7 Å². The van der Waals surface area contributed by atoms with Gasteiger partial charge in [-0.05, 0) is 48.7 Å². The van der Waals surface area contributed by atoms with Crippen molar-refractivity contribution in [3.05, 3.63) is 82.5 Å². The van der Waals surface area contributed by atoms with Gasteiger partial charge in [-0.3, -0.25) is 4.79 Å². The number of halogens is 1. The quantitative estimate of drug-likeness (QED) is 0.165. The number of carbonyl (C=O) groups is 1. The predicted octanol–water partition coefficient (Wildman–Crippen LogP) is 5.84. The van der Waals surface area contributed by atoms with E-state index in [1.54, 1.807) is 0 Å². The molecule has 0 saturated heterocycles. The molecular formula is C23H30ClN3O2S. The summed E-state index contributed by atoms with van der Waals surface area (Å²) < 4.78 is 8.76. The Labute approximate surface area is 189 Å². The molecule has 0 fully saturated rings. The summed E-state index contributed by atoms with van der Waals surface area (Å²) in [6.07, 6.45) is 2.07. The topological polar surface area (TPSA) is 53.6 Å². The third-order valence-corrected chi connectivity index (χ3v) is 4.89. The fraction of sp³-hybridized carbons (Fsp3) is 0.261. The van der Waals surface area contributed by atoms with Crippen molar-refractivity contribution in [1.29, 1.82) is 0 Å². The lowest BCUT2D eigenvalue weighted by Gasteiger charge is -2.25. The fourth-order valence-corrected chi connectivity index (χ4v) is 3.37. The molecule has 2 aromatic rings. The molecule has 5 nitrogen and oxygen atoms in total. The van der Waals surface area contributed by atoms with Gasteiger partial charge in [0.1, 0.15) is 23.6 Å². The fourth-order valence-electron chi connectivity index (χ4n) is 2.38. The number of aldehydes is 1. The number of anilines is 1. The van der Waals surface area contributed by atoms with Crippen molar-refractivity contribution >= 4 is 35.5 Å². The van der Waals surface area contributed by atoms with Crippen molar-refractivity contribution in [3.8, 4) is 0 Å². The monoisotopic (exact) mass is 447 g/mol. The molecule has 0 aliphatic heterocycles. The summed E-state index contributed by atoms with van der Waals surface area (Å²) in [5.41, 5.74) is 2.44. The molecule has 0 amide bonds. The van der Waals surface area contributed by atoms with Crippen LogP contribution >= 0.6 is 23.5 Å². The molecule has 0 radical (unpaired) electrons. The average Bonchev–Trinajstić information content (AvgIpc) is 2.75. The van der Waals surface area contributed by atoms with E-state index in [1.165, 1.54) is 25.1 Å². The van der Waals surface area contributed by atoms with Crippen LogP contribution in [0.2, 0.25) is 5.02 Å². The van der Waals surface area contributed by atoms with E-state index in [4.69, 9.17) is 16.3 Å². The molecular weight excluding hydrogens is 418 g/mol. The number of nitrogens with zero attached hydrogens (tertiary/aromatic N) is 1. The van der Waals surface area contributed by atoms with Crippen LogP contribution in [0.4, 0.5) is 5.69 Å². The van der Waals surface area contributed by atoms with Crippen molar-refractivity contribution in [1.82, 2.24) is 9.62 Å². The number of aryl methyl sites for hydroxylation is 1. The molecule has 0 aromatic heterocycles. The van der Waals surface area contributed by atoms with Gasteiger partial charge in [0.05, 0.1) is 17.8 Å². The Balaban J connectivity index is 0.00000218. The summed E-state index contributed by atoms with van der Waals surface area (Å²) in [6.45, 7) is 5.98. The van der Waals surface area contributed by atoms with Crippen LogP contribution in [0, 0.1) is 6.92 Å². The number of hydrogen-bond donors (Lipinski definition) is 2. The number of hydrogen-bond acceptors (Lipinski definition) is 6. The van der Waals surface area contributed by atoms with Gasteiger partial charge >= 0.3 is 0 Å². The number of carbonyl (C=O) groups excluding carboxylic acids is 1. The highest BCUT2D eigenvalue weighted by molar-refractivity contribution is 7.97. The van der Waals surface area contributed by atoms with E-state index in [0.717, 1.165) is 16.1 Å². The van der Waals surface area contributed by atoms with Crippen LogP contribution in [0.3, 0.4) is 0 Å². The van der Waals surface area contributed by atoms with Crippen LogP contribution in [-0.4, -0.2) is 32.4 Å². The van der Waals surface area contributed by atoms with E-state index in [1.807, 2.05) is 88.3 Å². The highest BCUT2D eigenvalue weighted by atomic mass is 35.5. The number of allylic oxidation sites excluding steroid dienone is 1.